The second-order valence-electron chi connectivity index (χ2n) is 10.2. The topological polar surface area (TPSA) is 93.7 Å². The minimum atomic E-state index is -0.690. The number of rotatable bonds is 6. The van der Waals surface area contributed by atoms with Gasteiger partial charge in [-0.1, -0.05) is 6.07 Å². The van der Waals surface area contributed by atoms with Gasteiger partial charge in [0.15, 0.2) is 5.82 Å². The molecule has 2 amide bonds. The number of amides is 2. The molecule has 0 aromatic carbocycles. The van der Waals surface area contributed by atoms with Crippen molar-refractivity contribution in [1.29, 1.82) is 0 Å². The zero-order chi connectivity index (χ0) is 26.8. The van der Waals surface area contributed by atoms with E-state index in [1.165, 1.54) is 27.6 Å². The van der Waals surface area contributed by atoms with Gasteiger partial charge in [0.25, 0.3) is 0 Å². The molecule has 1 N–H and O–H groups in total. The number of anilines is 1. The fourth-order valence-corrected chi connectivity index (χ4v) is 6.15. The van der Waals surface area contributed by atoms with Crippen LogP contribution in [0.5, 0.6) is 0 Å². The van der Waals surface area contributed by atoms with Crippen LogP contribution in [0.2, 0.25) is 5.28 Å². The summed E-state index contributed by atoms with van der Waals surface area (Å²) in [5, 5.41) is 4.82. The number of hydrogen-bond acceptors (Lipinski definition) is 8. The number of hydrogen-bond donors (Lipinski definition) is 1. The number of carbonyl (C=O) groups excluding carboxylic acids is 2. The van der Waals surface area contributed by atoms with E-state index in [0.717, 1.165) is 14.2 Å². The molecule has 8 nitrogen and oxygen atoms in total. The van der Waals surface area contributed by atoms with Crippen LogP contribution in [0.25, 0.3) is 10.2 Å². The SMILES string of the molecule is CC(Cc1sc2c(N(Cc3cccs3)C(=O)OC(C)(C)C)nc(Cl)nc2c1Br)NC(=O)OC(C)(C)C. The molecule has 0 aliphatic rings. The number of fused-ring (bicyclic) bond motifs is 1. The molecule has 0 bridgehead atoms. The maximum Gasteiger partial charge on any atom is 0.416 e. The van der Waals surface area contributed by atoms with E-state index in [9.17, 15) is 9.59 Å². The maximum absolute atomic E-state index is 13.3. The van der Waals surface area contributed by atoms with Crippen molar-refractivity contribution in [2.45, 2.75) is 78.7 Å². The van der Waals surface area contributed by atoms with Crippen molar-refractivity contribution >= 4 is 78.4 Å². The van der Waals surface area contributed by atoms with E-state index in [1.807, 2.05) is 66.0 Å². The number of nitrogens with zero attached hydrogens (tertiary/aromatic N) is 3. The smallest absolute Gasteiger partial charge is 0.416 e. The fraction of sp³-hybridized carbons (Fsp3) is 0.500. The lowest BCUT2D eigenvalue weighted by atomic mass is 10.2. The van der Waals surface area contributed by atoms with E-state index in [1.54, 1.807) is 0 Å². The van der Waals surface area contributed by atoms with E-state index >= 15 is 0 Å². The molecular formula is C24H30BrClN4O4S2. The normalized spacial score (nSPS) is 12.9. The van der Waals surface area contributed by atoms with Crippen molar-refractivity contribution in [3.8, 4) is 0 Å². The summed E-state index contributed by atoms with van der Waals surface area (Å²) in [7, 11) is 0. The molecular weight excluding hydrogens is 588 g/mol. The largest absolute Gasteiger partial charge is 0.444 e. The standard InChI is InChI=1S/C24H30BrClN4O4S2/c1-13(27-21(31)33-23(2,3)4)11-15-16(25)17-18(36-15)19(29-20(26)28-17)30(12-14-9-8-10-35-14)22(32)34-24(5,6)7/h8-10,13H,11-12H2,1-7H3,(H,27,31). The first kappa shape index (κ1) is 28.6. The lowest BCUT2D eigenvalue weighted by Crippen LogP contribution is -2.38. The Hall–Kier alpha value is -1.95. The third-order valence-electron chi connectivity index (χ3n) is 4.52. The molecule has 0 fully saturated rings. The number of aromatic nitrogens is 2. The second kappa shape index (κ2) is 11.2. The fourth-order valence-electron chi connectivity index (χ4n) is 3.21. The number of alkyl carbamates (subject to hydrolysis) is 1. The van der Waals surface area contributed by atoms with Gasteiger partial charge in [0.05, 0.1) is 15.7 Å². The first-order valence-electron chi connectivity index (χ1n) is 11.3. The van der Waals surface area contributed by atoms with Crippen LogP contribution in [0.15, 0.2) is 22.0 Å². The number of thiophene rings is 2. The Labute approximate surface area is 232 Å². The van der Waals surface area contributed by atoms with Crippen LogP contribution in [0.3, 0.4) is 0 Å². The minimum absolute atomic E-state index is 0.0159. The van der Waals surface area contributed by atoms with Crippen molar-refractivity contribution in [1.82, 2.24) is 15.3 Å². The molecule has 0 saturated carbocycles. The average Bonchev–Trinajstić information content (AvgIpc) is 3.32. The molecule has 36 heavy (non-hydrogen) atoms. The summed E-state index contributed by atoms with van der Waals surface area (Å²) in [4.78, 5) is 37.7. The summed E-state index contributed by atoms with van der Waals surface area (Å²) < 4.78 is 12.5. The number of nitrogens with one attached hydrogen (secondary N) is 1. The third-order valence-corrected chi connectivity index (χ3v) is 7.86. The van der Waals surface area contributed by atoms with E-state index < -0.39 is 23.4 Å². The molecule has 0 spiro atoms. The van der Waals surface area contributed by atoms with Crippen LogP contribution in [0.1, 0.15) is 58.2 Å². The Bertz CT molecular complexity index is 1240. The zero-order valence-corrected chi connectivity index (χ0v) is 25.2. The van der Waals surface area contributed by atoms with Gasteiger partial charge in [-0.15, -0.1) is 22.7 Å². The third kappa shape index (κ3) is 7.77. The number of ether oxygens (including phenoxy) is 2. The van der Waals surface area contributed by atoms with Crippen molar-refractivity contribution in [2.24, 2.45) is 0 Å². The van der Waals surface area contributed by atoms with E-state index in [0.29, 0.717) is 22.5 Å². The average molecular weight is 618 g/mol. The molecule has 0 aliphatic carbocycles. The monoisotopic (exact) mass is 616 g/mol. The van der Waals surface area contributed by atoms with Gasteiger partial charge >= 0.3 is 12.2 Å². The molecule has 3 heterocycles. The molecule has 3 aromatic heterocycles. The van der Waals surface area contributed by atoms with Crippen molar-refractivity contribution in [3.63, 3.8) is 0 Å². The molecule has 3 aromatic rings. The van der Waals surface area contributed by atoms with Crippen LogP contribution in [0.4, 0.5) is 15.4 Å². The minimum Gasteiger partial charge on any atom is -0.444 e. The Morgan fingerprint density at radius 2 is 1.83 bits per heavy atom. The van der Waals surface area contributed by atoms with Crippen molar-refractivity contribution < 1.29 is 19.1 Å². The number of carbonyl (C=O) groups is 2. The van der Waals surface area contributed by atoms with Crippen molar-refractivity contribution in [3.05, 3.63) is 37.0 Å². The lowest BCUT2D eigenvalue weighted by Gasteiger charge is -2.26. The summed E-state index contributed by atoms with van der Waals surface area (Å²) >= 11 is 12.9. The highest BCUT2D eigenvalue weighted by Crippen LogP contribution is 2.41. The van der Waals surface area contributed by atoms with Crippen LogP contribution in [-0.4, -0.2) is 39.4 Å². The maximum atomic E-state index is 13.3. The van der Waals surface area contributed by atoms with Gasteiger partial charge in [-0.25, -0.2) is 14.6 Å². The van der Waals surface area contributed by atoms with Gasteiger partial charge in [0.1, 0.15) is 16.7 Å². The molecule has 3 rings (SSSR count). The molecule has 196 valence electrons. The highest BCUT2D eigenvalue weighted by Gasteiger charge is 2.29. The molecule has 0 radical (unpaired) electrons. The van der Waals surface area contributed by atoms with Gasteiger partial charge in [0, 0.05) is 22.2 Å². The Kier molecular flexibility index (Phi) is 8.91. The molecule has 12 heteroatoms. The molecule has 1 atom stereocenters. The lowest BCUT2D eigenvalue weighted by molar-refractivity contribution is 0.0507. The highest BCUT2D eigenvalue weighted by molar-refractivity contribution is 9.10. The molecule has 0 aliphatic heterocycles. The Morgan fingerprint density at radius 3 is 2.42 bits per heavy atom. The predicted molar refractivity (Wildman–Crippen MR) is 149 cm³/mol. The van der Waals surface area contributed by atoms with E-state index in [-0.39, 0.29) is 17.9 Å². The van der Waals surface area contributed by atoms with Gasteiger partial charge in [-0.05, 0) is 87.4 Å². The Balaban J connectivity index is 1.98. The van der Waals surface area contributed by atoms with Crippen LogP contribution in [-0.2, 0) is 22.4 Å². The molecule has 1 unspecified atom stereocenters. The first-order valence-corrected chi connectivity index (χ1v) is 14.2. The van der Waals surface area contributed by atoms with Gasteiger partial charge < -0.3 is 14.8 Å². The summed E-state index contributed by atoms with van der Waals surface area (Å²) in [6.07, 6.45) is -0.504. The van der Waals surface area contributed by atoms with Crippen LogP contribution in [0, 0.1) is 0 Å². The summed E-state index contributed by atoms with van der Waals surface area (Å²) in [6.45, 7) is 13.1. The van der Waals surface area contributed by atoms with Gasteiger partial charge in [-0.2, -0.15) is 4.98 Å². The number of halogens is 2. The predicted octanol–water partition coefficient (Wildman–Crippen LogP) is 7.57. The van der Waals surface area contributed by atoms with E-state index in [4.69, 9.17) is 21.1 Å². The van der Waals surface area contributed by atoms with Gasteiger partial charge in [0.2, 0.25) is 5.28 Å². The Morgan fingerprint density at radius 1 is 1.17 bits per heavy atom. The van der Waals surface area contributed by atoms with Crippen LogP contribution >= 0.6 is 50.2 Å². The van der Waals surface area contributed by atoms with Crippen LogP contribution < -0.4 is 10.2 Å². The summed E-state index contributed by atoms with van der Waals surface area (Å²) in [5.41, 5.74) is -0.684. The zero-order valence-electron chi connectivity index (χ0n) is 21.3. The van der Waals surface area contributed by atoms with Crippen molar-refractivity contribution in [2.75, 3.05) is 4.90 Å². The second-order valence-corrected chi connectivity index (χ2v) is 13.5. The van der Waals surface area contributed by atoms with Gasteiger partial charge in [-0.3, -0.25) is 4.90 Å². The first-order chi connectivity index (χ1) is 16.6. The van der Waals surface area contributed by atoms with E-state index in [2.05, 4.69) is 31.2 Å². The summed E-state index contributed by atoms with van der Waals surface area (Å²) in [5.74, 6) is 0.373. The summed E-state index contributed by atoms with van der Waals surface area (Å²) in [6, 6.07) is 3.65. The molecule has 0 saturated heterocycles. The highest BCUT2D eigenvalue weighted by atomic mass is 79.9. The quantitative estimate of drug-likeness (QED) is 0.287.